The van der Waals surface area contributed by atoms with Crippen molar-refractivity contribution < 1.29 is 9.59 Å². The number of carbonyl (C=O) groups excluding carboxylic acids is 2. The van der Waals surface area contributed by atoms with Crippen molar-refractivity contribution in [3.05, 3.63) is 23.9 Å². The molecule has 100 valence electrons. The number of hydrogen-bond donors (Lipinski definition) is 1. The molecule has 0 unspecified atom stereocenters. The fraction of sp³-hybridized carbons (Fsp3) is 0.500. The van der Waals surface area contributed by atoms with E-state index >= 15 is 0 Å². The molecule has 1 saturated heterocycles. The number of nitrogens with one attached hydrogen (secondary N) is 1. The summed E-state index contributed by atoms with van der Waals surface area (Å²) in [5.41, 5.74) is 0.861. The molecule has 2 amide bonds. The molecule has 0 spiro atoms. The molecule has 0 bridgehead atoms. The summed E-state index contributed by atoms with van der Waals surface area (Å²) in [6.07, 6.45) is 2.49. The molecule has 5 heteroatoms. The van der Waals surface area contributed by atoms with Gasteiger partial charge in [-0.15, -0.1) is 0 Å². The van der Waals surface area contributed by atoms with Crippen LogP contribution in [0.5, 0.6) is 0 Å². The van der Waals surface area contributed by atoms with E-state index in [-0.39, 0.29) is 17.7 Å². The van der Waals surface area contributed by atoms with Gasteiger partial charge >= 0.3 is 0 Å². The number of likely N-dealkylation sites (tertiary alicyclic amines) is 1. The maximum atomic E-state index is 12.1. The lowest BCUT2D eigenvalue weighted by Crippen LogP contribution is -2.30. The van der Waals surface area contributed by atoms with Crippen LogP contribution in [0, 0.1) is 12.8 Å². The van der Waals surface area contributed by atoms with Gasteiger partial charge in [0.15, 0.2) is 0 Å². The van der Waals surface area contributed by atoms with Crippen molar-refractivity contribution in [2.75, 3.05) is 11.9 Å². The maximum absolute atomic E-state index is 12.1. The Balaban J connectivity index is 1.63. The summed E-state index contributed by atoms with van der Waals surface area (Å²) in [4.78, 5) is 30.0. The number of rotatable bonds is 3. The lowest BCUT2D eigenvalue weighted by atomic mass is 10.1. The Morgan fingerprint density at radius 1 is 1.42 bits per heavy atom. The number of anilines is 1. The summed E-state index contributed by atoms with van der Waals surface area (Å²) in [5.74, 6) is 0.326. The number of aromatic nitrogens is 1. The summed E-state index contributed by atoms with van der Waals surface area (Å²) in [6.45, 7) is 2.44. The van der Waals surface area contributed by atoms with E-state index in [1.807, 2.05) is 24.0 Å². The Hall–Kier alpha value is -1.91. The second-order valence-corrected chi connectivity index (χ2v) is 5.33. The van der Waals surface area contributed by atoms with E-state index in [1.165, 1.54) is 0 Å². The van der Waals surface area contributed by atoms with Crippen molar-refractivity contribution in [3.8, 4) is 0 Å². The molecule has 1 N–H and O–H groups in total. The summed E-state index contributed by atoms with van der Waals surface area (Å²) < 4.78 is 0. The Kier molecular flexibility index (Phi) is 2.97. The summed E-state index contributed by atoms with van der Waals surface area (Å²) >= 11 is 0. The lowest BCUT2D eigenvalue weighted by molar-refractivity contribution is -0.128. The molecule has 0 radical (unpaired) electrons. The van der Waals surface area contributed by atoms with Gasteiger partial charge in [0.05, 0.1) is 5.92 Å². The topological polar surface area (TPSA) is 62.3 Å². The van der Waals surface area contributed by atoms with Crippen LogP contribution in [0.1, 0.15) is 25.0 Å². The Morgan fingerprint density at radius 3 is 2.89 bits per heavy atom. The van der Waals surface area contributed by atoms with E-state index in [0.29, 0.717) is 24.8 Å². The van der Waals surface area contributed by atoms with Crippen molar-refractivity contribution in [3.63, 3.8) is 0 Å². The average molecular weight is 259 g/mol. The first-order chi connectivity index (χ1) is 9.13. The highest BCUT2D eigenvalue weighted by atomic mass is 16.2. The molecule has 1 saturated carbocycles. The van der Waals surface area contributed by atoms with Crippen LogP contribution in [-0.2, 0) is 9.59 Å². The third-order valence-electron chi connectivity index (χ3n) is 3.66. The molecular formula is C14H17N3O2. The van der Waals surface area contributed by atoms with Gasteiger partial charge < -0.3 is 10.2 Å². The zero-order chi connectivity index (χ0) is 13.4. The quantitative estimate of drug-likeness (QED) is 0.891. The van der Waals surface area contributed by atoms with Gasteiger partial charge in [0.1, 0.15) is 5.82 Å². The van der Waals surface area contributed by atoms with Crippen LogP contribution >= 0.6 is 0 Å². The van der Waals surface area contributed by atoms with Gasteiger partial charge in [-0.1, -0.05) is 6.07 Å². The number of carbonyl (C=O) groups is 2. The van der Waals surface area contributed by atoms with E-state index in [9.17, 15) is 9.59 Å². The molecule has 0 aromatic carbocycles. The zero-order valence-corrected chi connectivity index (χ0v) is 10.9. The fourth-order valence-corrected chi connectivity index (χ4v) is 2.49. The largest absolute Gasteiger partial charge is 0.339 e. The second-order valence-electron chi connectivity index (χ2n) is 5.33. The molecule has 2 fully saturated rings. The number of nitrogens with zero attached hydrogens (tertiary/aromatic N) is 2. The van der Waals surface area contributed by atoms with E-state index in [2.05, 4.69) is 10.3 Å². The third kappa shape index (κ3) is 2.59. The van der Waals surface area contributed by atoms with Crippen LogP contribution in [0.4, 0.5) is 5.82 Å². The first-order valence-corrected chi connectivity index (χ1v) is 6.67. The van der Waals surface area contributed by atoms with Gasteiger partial charge in [-0.05, 0) is 31.9 Å². The number of hydrogen-bond acceptors (Lipinski definition) is 3. The van der Waals surface area contributed by atoms with Crippen LogP contribution in [0.25, 0.3) is 0 Å². The van der Waals surface area contributed by atoms with Crippen LogP contribution in [0.2, 0.25) is 0 Å². The van der Waals surface area contributed by atoms with Crippen molar-refractivity contribution in [2.24, 2.45) is 5.92 Å². The molecule has 3 rings (SSSR count). The van der Waals surface area contributed by atoms with E-state index in [4.69, 9.17) is 0 Å². The first kappa shape index (κ1) is 12.1. The van der Waals surface area contributed by atoms with E-state index < -0.39 is 0 Å². The third-order valence-corrected chi connectivity index (χ3v) is 3.66. The van der Waals surface area contributed by atoms with Crippen molar-refractivity contribution in [1.82, 2.24) is 9.88 Å². The van der Waals surface area contributed by atoms with Crippen LogP contribution in [0.15, 0.2) is 18.2 Å². The molecule has 1 aliphatic carbocycles. The molecule has 19 heavy (non-hydrogen) atoms. The van der Waals surface area contributed by atoms with E-state index in [1.54, 1.807) is 6.07 Å². The van der Waals surface area contributed by atoms with Crippen molar-refractivity contribution >= 4 is 17.6 Å². The summed E-state index contributed by atoms with van der Waals surface area (Å²) in [5, 5.41) is 2.80. The lowest BCUT2D eigenvalue weighted by Gasteiger charge is -2.15. The highest BCUT2D eigenvalue weighted by Gasteiger charge is 2.41. The van der Waals surface area contributed by atoms with E-state index in [0.717, 1.165) is 18.5 Å². The number of amides is 2. The fourth-order valence-electron chi connectivity index (χ4n) is 2.49. The smallest absolute Gasteiger partial charge is 0.230 e. The molecule has 1 aromatic rings. The molecule has 5 nitrogen and oxygen atoms in total. The Bertz CT molecular complexity index is 525. The Labute approximate surface area is 112 Å². The zero-order valence-electron chi connectivity index (χ0n) is 10.9. The minimum atomic E-state index is -0.240. The highest BCUT2D eigenvalue weighted by Crippen LogP contribution is 2.32. The Morgan fingerprint density at radius 2 is 2.21 bits per heavy atom. The minimum absolute atomic E-state index is 0.102. The standard InChI is InChI=1S/C14H17N3O2/c1-9-3-2-4-12(15-9)16-14(19)10-7-13(18)17(8-10)11-5-6-11/h2-4,10-11H,5-8H2,1H3,(H,15,16,19)/t10-/m0/s1. The van der Waals surface area contributed by atoms with Gasteiger partial charge in [-0.25, -0.2) is 4.98 Å². The van der Waals surface area contributed by atoms with Crippen molar-refractivity contribution in [2.45, 2.75) is 32.2 Å². The van der Waals surface area contributed by atoms with Crippen LogP contribution in [0.3, 0.4) is 0 Å². The molecule has 2 aliphatic rings. The van der Waals surface area contributed by atoms with Gasteiger partial charge in [0.2, 0.25) is 11.8 Å². The molecule has 2 heterocycles. The molecule has 1 atom stereocenters. The predicted molar refractivity (Wildman–Crippen MR) is 70.4 cm³/mol. The van der Waals surface area contributed by atoms with Gasteiger partial charge in [0, 0.05) is 24.7 Å². The predicted octanol–water partition coefficient (Wildman–Crippen LogP) is 1.34. The van der Waals surface area contributed by atoms with Gasteiger partial charge in [-0.3, -0.25) is 9.59 Å². The van der Waals surface area contributed by atoms with Gasteiger partial charge in [-0.2, -0.15) is 0 Å². The normalized spacial score (nSPS) is 22.7. The van der Waals surface area contributed by atoms with Gasteiger partial charge in [0.25, 0.3) is 0 Å². The first-order valence-electron chi connectivity index (χ1n) is 6.67. The highest BCUT2D eigenvalue weighted by molar-refractivity contribution is 5.96. The summed E-state index contributed by atoms with van der Waals surface area (Å²) in [7, 11) is 0. The summed E-state index contributed by atoms with van der Waals surface area (Å²) in [6, 6.07) is 5.89. The number of aryl methyl sites for hydroxylation is 1. The number of pyridine rings is 1. The molecular weight excluding hydrogens is 242 g/mol. The second kappa shape index (κ2) is 4.64. The van der Waals surface area contributed by atoms with Crippen LogP contribution < -0.4 is 5.32 Å². The van der Waals surface area contributed by atoms with Crippen molar-refractivity contribution in [1.29, 1.82) is 0 Å². The molecule has 1 aromatic heterocycles. The SMILES string of the molecule is Cc1cccc(NC(=O)[C@H]2CC(=O)N(C3CC3)C2)n1. The molecule has 1 aliphatic heterocycles. The monoisotopic (exact) mass is 259 g/mol. The average Bonchev–Trinajstić information content (AvgIpc) is 3.12. The maximum Gasteiger partial charge on any atom is 0.230 e. The van der Waals surface area contributed by atoms with Crippen LogP contribution in [-0.4, -0.2) is 34.3 Å². The minimum Gasteiger partial charge on any atom is -0.339 e.